The maximum atomic E-state index is 10.7. The van der Waals surface area contributed by atoms with Gasteiger partial charge in [-0.2, -0.15) is 0 Å². The molecule has 0 fully saturated rings. The van der Waals surface area contributed by atoms with E-state index in [1.807, 2.05) is 0 Å². The van der Waals surface area contributed by atoms with Crippen molar-refractivity contribution in [1.82, 2.24) is 0 Å². The first kappa shape index (κ1) is 13.2. The number of hydrogen-bond donors (Lipinski definition) is 2. The lowest BCUT2D eigenvalue weighted by atomic mass is 10.2. The van der Waals surface area contributed by atoms with Gasteiger partial charge in [-0.15, -0.1) is 12.4 Å². The van der Waals surface area contributed by atoms with Crippen LogP contribution in [0.25, 0.3) is 0 Å². The number of rotatable bonds is 3. The van der Waals surface area contributed by atoms with Crippen molar-refractivity contribution in [1.29, 1.82) is 0 Å². The molecule has 0 spiro atoms. The summed E-state index contributed by atoms with van der Waals surface area (Å²) in [6, 6.07) is 7.08. The highest BCUT2D eigenvalue weighted by Crippen LogP contribution is 2.09. The number of hydrogen-bond acceptors (Lipinski definition) is 3. The van der Waals surface area contributed by atoms with E-state index < -0.39 is 10.0 Å². The van der Waals surface area contributed by atoms with Crippen LogP contribution in [0, 0.1) is 0 Å². The van der Waals surface area contributed by atoms with Gasteiger partial charge in [-0.05, 0) is 17.7 Å². The normalized spacial score (nSPS) is 10.4. The van der Waals surface area contributed by atoms with Crippen molar-refractivity contribution < 1.29 is 8.42 Å². The molecule has 0 aromatic heterocycles. The number of nitrogens with two attached hydrogens (primary N) is 1. The first-order chi connectivity index (χ1) is 6.01. The Balaban J connectivity index is 0.00000169. The molecule has 0 heterocycles. The molecule has 4 nitrogen and oxygen atoms in total. The Kier molecular flexibility index (Phi) is 4.90. The van der Waals surface area contributed by atoms with Gasteiger partial charge in [0.05, 0.1) is 5.75 Å². The quantitative estimate of drug-likeness (QED) is 0.821. The molecule has 1 aromatic rings. The molecule has 14 heavy (non-hydrogen) atoms. The number of anilines is 1. The Morgan fingerprint density at radius 2 is 1.79 bits per heavy atom. The summed E-state index contributed by atoms with van der Waals surface area (Å²) in [7, 11) is -1.62. The van der Waals surface area contributed by atoms with Gasteiger partial charge in [-0.1, -0.05) is 12.1 Å². The molecule has 1 rings (SSSR count). The van der Waals surface area contributed by atoms with Crippen LogP contribution in [0.2, 0.25) is 0 Å². The summed E-state index contributed by atoms with van der Waals surface area (Å²) in [5.74, 6) is -0.114. The number of halogens is 1. The minimum Gasteiger partial charge on any atom is -0.388 e. The second-order valence-electron chi connectivity index (χ2n) is 2.75. The van der Waals surface area contributed by atoms with Crippen LogP contribution in [0.15, 0.2) is 24.3 Å². The lowest BCUT2D eigenvalue weighted by Gasteiger charge is -2.01. The Labute approximate surface area is 90.0 Å². The lowest BCUT2D eigenvalue weighted by molar-refractivity contribution is 0.597. The summed E-state index contributed by atoms with van der Waals surface area (Å²) in [6.45, 7) is 0. The topological polar surface area (TPSA) is 72.2 Å². The zero-order valence-corrected chi connectivity index (χ0v) is 9.36. The average Bonchev–Trinajstić information content (AvgIpc) is 2.03. The van der Waals surface area contributed by atoms with E-state index >= 15 is 0 Å². The van der Waals surface area contributed by atoms with Crippen molar-refractivity contribution in [2.24, 2.45) is 5.14 Å². The number of sulfonamides is 1. The highest BCUT2D eigenvalue weighted by atomic mass is 35.5. The standard InChI is InChI=1S/C8H12N2O2S.ClH/c1-10-8-4-2-7(3-5-8)6-13(9,11)12;/h2-5,10H,6H2,1H3,(H2,9,11,12);1H. The van der Waals surface area contributed by atoms with Gasteiger partial charge in [0.25, 0.3) is 0 Å². The van der Waals surface area contributed by atoms with Crippen LogP contribution in [0.1, 0.15) is 5.56 Å². The Morgan fingerprint density at radius 1 is 1.29 bits per heavy atom. The molecule has 0 aliphatic carbocycles. The van der Waals surface area contributed by atoms with E-state index in [9.17, 15) is 8.42 Å². The fraction of sp³-hybridized carbons (Fsp3) is 0.250. The largest absolute Gasteiger partial charge is 0.388 e. The van der Waals surface area contributed by atoms with Crippen molar-refractivity contribution in [3.63, 3.8) is 0 Å². The van der Waals surface area contributed by atoms with E-state index in [2.05, 4.69) is 5.32 Å². The molecular weight excluding hydrogens is 224 g/mol. The summed E-state index contributed by atoms with van der Waals surface area (Å²) < 4.78 is 21.4. The van der Waals surface area contributed by atoms with Crippen LogP contribution in [0.5, 0.6) is 0 Å². The fourth-order valence-corrected chi connectivity index (χ4v) is 1.66. The molecule has 80 valence electrons. The third-order valence-electron chi connectivity index (χ3n) is 1.61. The highest BCUT2D eigenvalue weighted by Gasteiger charge is 2.03. The molecular formula is C8H13ClN2O2S. The molecule has 6 heteroatoms. The van der Waals surface area contributed by atoms with Crippen molar-refractivity contribution in [3.05, 3.63) is 29.8 Å². The molecule has 0 amide bonds. The maximum absolute atomic E-state index is 10.7. The van der Waals surface area contributed by atoms with Gasteiger partial charge in [0, 0.05) is 12.7 Å². The zero-order chi connectivity index (χ0) is 9.90. The van der Waals surface area contributed by atoms with E-state index in [4.69, 9.17) is 5.14 Å². The first-order valence-electron chi connectivity index (χ1n) is 3.78. The van der Waals surface area contributed by atoms with Crippen LogP contribution >= 0.6 is 12.4 Å². The predicted octanol–water partition coefficient (Wildman–Crippen LogP) is 0.939. The van der Waals surface area contributed by atoms with Crippen molar-refractivity contribution in [2.45, 2.75) is 5.75 Å². The van der Waals surface area contributed by atoms with Gasteiger partial charge in [0.15, 0.2) is 0 Å². The van der Waals surface area contributed by atoms with Crippen LogP contribution in [0.4, 0.5) is 5.69 Å². The van der Waals surface area contributed by atoms with E-state index in [1.54, 1.807) is 31.3 Å². The summed E-state index contributed by atoms with van der Waals surface area (Å²) in [4.78, 5) is 0. The Bertz CT molecular complexity index is 375. The summed E-state index contributed by atoms with van der Waals surface area (Å²) in [5.41, 5.74) is 1.64. The van der Waals surface area contributed by atoms with Crippen LogP contribution < -0.4 is 10.5 Å². The number of nitrogens with one attached hydrogen (secondary N) is 1. The van der Waals surface area contributed by atoms with Crippen LogP contribution in [-0.4, -0.2) is 15.5 Å². The van der Waals surface area contributed by atoms with Crippen LogP contribution in [-0.2, 0) is 15.8 Å². The van der Waals surface area contributed by atoms with Crippen molar-refractivity contribution in [2.75, 3.05) is 12.4 Å². The van der Waals surface area contributed by atoms with Crippen molar-refractivity contribution in [3.8, 4) is 0 Å². The van der Waals surface area contributed by atoms with E-state index in [0.717, 1.165) is 5.69 Å². The molecule has 0 saturated heterocycles. The molecule has 0 radical (unpaired) electrons. The zero-order valence-electron chi connectivity index (χ0n) is 7.73. The van der Waals surface area contributed by atoms with Gasteiger partial charge in [-0.3, -0.25) is 0 Å². The molecule has 0 unspecified atom stereocenters. The Morgan fingerprint density at radius 3 is 2.14 bits per heavy atom. The molecule has 0 aliphatic rings. The molecule has 0 saturated carbocycles. The monoisotopic (exact) mass is 236 g/mol. The maximum Gasteiger partial charge on any atom is 0.213 e. The first-order valence-corrected chi connectivity index (χ1v) is 5.50. The number of primary sulfonamides is 1. The predicted molar refractivity (Wildman–Crippen MR) is 60.0 cm³/mol. The fourth-order valence-electron chi connectivity index (χ4n) is 1.000. The summed E-state index contributed by atoms with van der Waals surface area (Å²) >= 11 is 0. The van der Waals surface area contributed by atoms with Crippen molar-refractivity contribution >= 4 is 28.1 Å². The van der Waals surface area contributed by atoms with E-state index in [-0.39, 0.29) is 18.2 Å². The molecule has 0 atom stereocenters. The summed E-state index contributed by atoms with van der Waals surface area (Å²) in [5, 5.41) is 7.83. The summed E-state index contributed by atoms with van der Waals surface area (Å²) in [6.07, 6.45) is 0. The van der Waals surface area contributed by atoms with Gasteiger partial charge >= 0.3 is 0 Å². The minimum absolute atomic E-state index is 0. The Hall–Kier alpha value is -0.780. The molecule has 0 aliphatic heterocycles. The van der Waals surface area contributed by atoms with E-state index in [1.165, 1.54) is 0 Å². The highest BCUT2D eigenvalue weighted by molar-refractivity contribution is 7.88. The van der Waals surface area contributed by atoms with Crippen LogP contribution in [0.3, 0.4) is 0 Å². The van der Waals surface area contributed by atoms with Gasteiger partial charge in [0.2, 0.25) is 10.0 Å². The second kappa shape index (κ2) is 5.19. The van der Waals surface area contributed by atoms with Gasteiger partial charge in [0.1, 0.15) is 0 Å². The smallest absolute Gasteiger partial charge is 0.213 e. The molecule has 1 aromatic carbocycles. The second-order valence-corrected chi connectivity index (χ2v) is 4.37. The SMILES string of the molecule is CNc1ccc(CS(N)(=O)=O)cc1.Cl. The van der Waals surface area contributed by atoms with E-state index in [0.29, 0.717) is 5.56 Å². The average molecular weight is 237 g/mol. The molecule has 3 N–H and O–H groups in total. The van der Waals surface area contributed by atoms with Gasteiger partial charge in [-0.25, -0.2) is 13.6 Å². The third kappa shape index (κ3) is 4.45. The lowest BCUT2D eigenvalue weighted by Crippen LogP contribution is -2.14. The van der Waals surface area contributed by atoms with Gasteiger partial charge < -0.3 is 5.32 Å². The minimum atomic E-state index is -3.42. The third-order valence-corrected chi connectivity index (χ3v) is 2.35. The number of benzene rings is 1. The molecule has 0 bridgehead atoms.